The number of hydrogen-bond donors (Lipinski definition) is 1. The third-order valence-electron chi connectivity index (χ3n) is 4.19. The summed E-state index contributed by atoms with van der Waals surface area (Å²) in [6, 6.07) is 14.5. The van der Waals surface area contributed by atoms with Gasteiger partial charge in [0, 0.05) is 18.4 Å². The maximum atomic E-state index is 12.8. The second-order valence-corrected chi connectivity index (χ2v) is 5.75. The molecule has 1 aliphatic carbocycles. The van der Waals surface area contributed by atoms with Crippen molar-refractivity contribution >= 4 is 11.6 Å². The fraction of sp³-hybridized carbons (Fsp3) is 0.263. The van der Waals surface area contributed by atoms with Gasteiger partial charge < -0.3 is 5.11 Å². The number of carbonyl (C=O) groups is 2. The number of ketones is 2. The Morgan fingerprint density at radius 1 is 1.00 bits per heavy atom. The summed E-state index contributed by atoms with van der Waals surface area (Å²) in [5, 5.41) is 11.1. The van der Waals surface area contributed by atoms with Crippen LogP contribution in [0.5, 0.6) is 0 Å². The number of carbonyl (C=O) groups excluding carboxylic acids is 2. The van der Waals surface area contributed by atoms with E-state index in [9.17, 15) is 14.7 Å². The molecule has 0 saturated heterocycles. The molecule has 1 aliphatic rings. The summed E-state index contributed by atoms with van der Waals surface area (Å²) in [4.78, 5) is 24.9. The van der Waals surface area contributed by atoms with Crippen LogP contribution in [0.4, 0.5) is 0 Å². The highest BCUT2D eigenvalue weighted by atomic mass is 16.3. The van der Waals surface area contributed by atoms with Crippen LogP contribution in [0.15, 0.2) is 48.5 Å². The third-order valence-corrected chi connectivity index (χ3v) is 4.19. The van der Waals surface area contributed by atoms with Crippen LogP contribution in [0.2, 0.25) is 0 Å². The normalized spacial score (nSPS) is 19.5. The summed E-state index contributed by atoms with van der Waals surface area (Å²) in [5.74, 6) is -0.473. The molecule has 22 heavy (non-hydrogen) atoms. The first-order valence-electron chi connectivity index (χ1n) is 7.55. The van der Waals surface area contributed by atoms with E-state index in [0.29, 0.717) is 24.0 Å². The van der Waals surface area contributed by atoms with Gasteiger partial charge in [0.2, 0.25) is 0 Å². The maximum Gasteiger partial charge on any atom is 0.200 e. The second-order valence-electron chi connectivity index (χ2n) is 5.75. The Balaban J connectivity index is 2.17. The zero-order valence-electron chi connectivity index (χ0n) is 12.5. The zero-order chi connectivity index (χ0) is 15.7. The molecule has 0 bridgehead atoms. The summed E-state index contributed by atoms with van der Waals surface area (Å²) in [6.07, 6.45) is 0.922. The minimum atomic E-state index is -1.75. The van der Waals surface area contributed by atoms with E-state index in [1.807, 2.05) is 31.2 Å². The second kappa shape index (κ2) is 5.50. The molecular weight excluding hydrogens is 276 g/mol. The highest BCUT2D eigenvalue weighted by Gasteiger charge is 2.45. The van der Waals surface area contributed by atoms with Crippen LogP contribution in [0.3, 0.4) is 0 Å². The Labute approximate surface area is 129 Å². The highest BCUT2D eigenvalue weighted by molar-refractivity contribution is 6.13. The topological polar surface area (TPSA) is 54.4 Å². The zero-order valence-corrected chi connectivity index (χ0v) is 12.5. The van der Waals surface area contributed by atoms with E-state index in [1.54, 1.807) is 24.3 Å². The summed E-state index contributed by atoms with van der Waals surface area (Å²) >= 11 is 0. The van der Waals surface area contributed by atoms with E-state index in [0.717, 1.165) is 11.1 Å². The molecule has 3 heteroatoms. The van der Waals surface area contributed by atoms with Gasteiger partial charge in [0.1, 0.15) is 5.78 Å². The smallest absolute Gasteiger partial charge is 0.200 e. The molecule has 3 nitrogen and oxygen atoms in total. The minimum absolute atomic E-state index is 0.0902. The van der Waals surface area contributed by atoms with Gasteiger partial charge in [-0.1, -0.05) is 55.5 Å². The van der Waals surface area contributed by atoms with E-state index < -0.39 is 5.60 Å². The van der Waals surface area contributed by atoms with Gasteiger partial charge in [-0.3, -0.25) is 9.59 Å². The van der Waals surface area contributed by atoms with Gasteiger partial charge in [0.25, 0.3) is 0 Å². The Morgan fingerprint density at radius 2 is 1.59 bits per heavy atom. The van der Waals surface area contributed by atoms with Crippen molar-refractivity contribution in [1.82, 2.24) is 0 Å². The van der Waals surface area contributed by atoms with Gasteiger partial charge in [0.05, 0.1) is 0 Å². The molecule has 0 spiro atoms. The highest BCUT2D eigenvalue weighted by Crippen LogP contribution is 2.43. The van der Waals surface area contributed by atoms with Crippen molar-refractivity contribution in [2.45, 2.75) is 31.8 Å². The van der Waals surface area contributed by atoms with Gasteiger partial charge in [-0.25, -0.2) is 0 Å². The number of aliphatic hydroxyl groups is 1. The van der Waals surface area contributed by atoms with Crippen molar-refractivity contribution in [1.29, 1.82) is 0 Å². The average molecular weight is 294 g/mol. The van der Waals surface area contributed by atoms with Crippen LogP contribution in [0.25, 0.3) is 11.1 Å². The van der Waals surface area contributed by atoms with Gasteiger partial charge in [-0.15, -0.1) is 0 Å². The van der Waals surface area contributed by atoms with Crippen LogP contribution in [0.1, 0.15) is 42.1 Å². The predicted molar refractivity (Wildman–Crippen MR) is 84.6 cm³/mol. The number of hydrogen-bond acceptors (Lipinski definition) is 3. The van der Waals surface area contributed by atoms with Crippen LogP contribution in [-0.4, -0.2) is 16.7 Å². The molecule has 112 valence electrons. The quantitative estimate of drug-likeness (QED) is 0.939. The number of Topliss-reactive ketones (excluding diaryl/α,β-unsaturated/α-hetero) is 2. The van der Waals surface area contributed by atoms with Crippen molar-refractivity contribution in [2.24, 2.45) is 0 Å². The lowest BCUT2D eigenvalue weighted by Gasteiger charge is -2.33. The van der Waals surface area contributed by atoms with Crippen molar-refractivity contribution in [3.8, 4) is 11.1 Å². The Hall–Kier alpha value is -2.26. The van der Waals surface area contributed by atoms with E-state index in [2.05, 4.69) is 0 Å². The summed E-state index contributed by atoms with van der Waals surface area (Å²) in [7, 11) is 0. The molecule has 0 saturated carbocycles. The molecule has 0 fully saturated rings. The van der Waals surface area contributed by atoms with Gasteiger partial charge in [-0.05, 0) is 23.1 Å². The number of fused-ring (bicyclic) bond motifs is 3. The van der Waals surface area contributed by atoms with Crippen LogP contribution < -0.4 is 0 Å². The summed E-state index contributed by atoms with van der Waals surface area (Å²) in [6.45, 7) is 1.91. The molecule has 1 N–H and O–H groups in total. The van der Waals surface area contributed by atoms with Crippen LogP contribution >= 0.6 is 0 Å². The number of rotatable bonds is 4. The first-order valence-corrected chi connectivity index (χ1v) is 7.55. The van der Waals surface area contributed by atoms with Crippen LogP contribution in [0, 0.1) is 0 Å². The molecule has 0 aliphatic heterocycles. The van der Waals surface area contributed by atoms with E-state index in [4.69, 9.17) is 0 Å². The van der Waals surface area contributed by atoms with Crippen molar-refractivity contribution in [3.05, 3.63) is 59.7 Å². The van der Waals surface area contributed by atoms with E-state index >= 15 is 0 Å². The number of benzene rings is 2. The molecular formula is C19H18O3. The van der Waals surface area contributed by atoms with Crippen molar-refractivity contribution in [3.63, 3.8) is 0 Å². The molecule has 0 aromatic heterocycles. The molecule has 0 unspecified atom stereocenters. The fourth-order valence-corrected chi connectivity index (χ4v) is 3.17. The fourth-order valence-electron chi connectivity index (χ4n) is 3.17. The molecule has 1 atom stereocenters. The first-order chi connectivity index (χ1) is 10.6. The Morgan fingerprint density at radius 3 is 2.27 bits per heavy atom. The summed E-state index contributed by atoms with van der Waals surface area (Å²) < 4.78 is 0. The van der Waals surface area contributed by atoms with E-state index in [1.165, 1.54) is 0 Å². The van der Waals surface area contributed by atoms with Crippen molar-refractivity contribution < 1.29 is 14.7 Å². The minimum Gasteiger partial charge on any atom is -0.376 e. The monoisotopic (exact) mass is 294 g/mol. The molecule has 3 rings (SSSR count). The van der Waals surface area contributed by atoms with Crippen LogP contribution in [-0.2, 0) is 10.4 Å². The molecule has 0 heterocycles. The SMILES string of the molecule is CCCC(=O)C[C@]1(O)C(=O)c2ccccc2-c2ccccc21. The first kappa shape index (κ1) is 14.7. The summed E-state index contributed by atoms with van der Waals surface area (Å²) in [5.41, 5.74) is 0.897. The largest absolute Gasteiger partial charge is 0.376 e. The maximum absolute atomic E-state index is 12.8. The lowest BCUT2D eigenvalue weighted by molar-refractivity contribution is -0.123. The van der Waals surface area contributed by atoms with Crippen molar-refractivity contribution in [2.75, 3.05) is 0 Å². The lowest BCUT2D eigenvalue weighted by Crippen LogP contribution is -2.41. The predicted octanol–water partition coefficient (Wildman–Crippen LogP) is 3.50. The molecule has 2 aromatic rings. The van der Waals surface area contributed by atoms with Gasteiger partial charge >= 0.3 is 0 Å². The Bertz CT molecular complexity index is 748. The van der Waals surface area contributed by atoms with Gasteiger partial charge in [0.15, 0.2) is 11.4 Å². The molecule has 0 amide bonds. The Kier molecular flexibility index (Phi) is 3.67. The lowest BCUT2D eigenvalue weighted by atomic mass is 9.72. The van der Waals surface area contributed by atoms with Gasteiger partial charge in [-0.2, -0.15) is 0 Å². The average Bonchev–Trinajstić information content (AvgIpc) is 2.53. The van der Waals surface area contributed by atoms with E-state index in [-0.39, 0.29) is 18.0 Å². The molecule has 2 aromatic carbocycles. The molecule has 0 radical (unpaired) electrons. The third kappa shape index (κ3) is 2.18. The standard InChI is InChI=1S/C19H18O3/c1-2-7-13(20)12-19(22)17-11-6-5-9-15(17)14-8-3-4-10-16(14)18(19)21/h3-6,8-11,22H,2,7,12H2,1H3/t19-/m1/s1.